The first kappa shape index (κ1) is 20.3. The number of carbonyl (C=O) groups is 2. The molecule has 1 N–H and O–H groups in total. The number of nitrogens with one attached hydrogen (secondary N) is 1. The lowest BCUT2D eigenvalue weighted by Gasteiger charge is -2.12. The minimum absolute atomic E-state index is 0.0327. The first-order valence-electron chi connectivity index (χ1n) is 9.20. The lowest BCUT2D eigenvalue weighted by molar-refractivity contribution is -0.140. The van der Waals surface area contributed by atoms with Gasteiger partial charge in [-0.2, -0.15) is 0 Å². The molecule has 29 heavy (non-hydrogen) atoms. The summed E-state index contributed by atoms with van der Waals surface area (Å²) >= 11 is 0. The Labute approximate surface area is 169 Å². The molecule has 1 aliphatic rings. The summed E-state index contributed by atoms with van der Waals surface area (Å²) < 4.78 is 21.1. The molecule has 1 aliphatic heterocycles. The Kier molecular flexibility index (Phi) is 6.39. The summed E-state index contributed by atoms with van der Waals surface area (Å²) in [7, 11) is 1.55. The third-order valence-electron chi connectivity index (χ3n) is 4.08. The van der Waals surface area contributed by atoms with Crippen molar-refractivity contribution in [2.45, 2.75) is 13.8 Å². The van der Waals surface area contributed by atoms with Gasteiger partial charge >= 0.3 is 5.97 Å². The number of methoxy groups -OCH3 is 1. The normalized spacial score (nSPS) is 12.6. The molecule has 0 saturated heterocycles. The molecule has 0 spiro atoms. The fourth-order valence-corrected chi connectivity index (χ4v) is 2.57. The quantitative estimate of drug-likeness (QED) is 0.570. The molecule has 0 unspecified atom stereocenters. The van der Waals surface area contributed by atoms with E-state index in [1.807, 2.05) is 13.8 Å². The van der Waals surface area contributed by atoms with Gasteiger partial charge in [0.05, 0.1) is 13.7 Å². The Bertz CT molecular complexity index is 917. The van der Waals surface area contributed by atoms with Crippen LogP contribution >= 0.6 is 0 Å². The molecule has 0 saturated carbocycles. The van der Waals surface area contributed by atoms with Crippen LogP contribution < -0.4 is 19.5 Å². The Morgan fingerprint density at radius 2 is 1.83 bits per heavy atom. The second kappa shape index (κ2) is 9.14. The molecule has 2 aromatic carbocycles. The molecule has 7 nitrogen and oxygen atoms in total. The van der Waals surface area contributed by atoms with Gasteiger partial charge in [-0.25, -0.2) is 4.79 Å². The van der Waals surface area contributed by atoms with E-state index < -0.39 is 11.9 Å². The number of rotatable bonds is 7. The van der Waals surface area contributed by atoms with Crippen molar-refractivity contribution in [2.24, 2.45) is 5.92 Å². The smallest absolute Gasteiger partial charge is 0.354 e. The molecule has 0 atom stereocenters. The Balaban J connectivity index is 1.83. The van der Waals surface area contributed by atoms with Crippen LogP contribution in [0.2, 0.25) is 0 Å². The second-order valence-corrected chi connectivity index (χ2v) is 6.85. The number of hydrogen-bond acceptors (Lipinski definition) is 6. The van der Waals surface area contributed by atoms with E-state index in [0.29, 0.717) is 28.4 Å². The van der Waals surface area contributed by atoms with E-state index in [4.69, 9.17) is 18.9 Å². The number of esters is 1. The van der Waals surface area contributed by atoms with Crippen molar-refractivity contribution < 1.29 is 28.5 Å². The summed E-state index contributed by atoms with van der Waals surface area (Å²) in [6.45, 7) is 4.27. The maximum Gasteiger partial charge on any atom is 0.354 e. The zero-order chi connectivity index (χ0) is 20.8. The third-order valence-corrected chi connectivity index (χ3v) is 4.08. The second-order valence-electron chi connectivity index (χ2n) is 6.85. The lowest BCUT2D eigenvalue weighted by atomic mass is 10.1. The highest BCUT2D eigenvalue weighted by atomic mass is 16.7. The fraction of sp³-hybridized carbons (Fsp3) is 0.273. The average Bonchev–Trinajstić information content (AvgIpc) is 3.19. The van der Waals surface area contributed by atoms with Crippen LogP contribution in [0.4, 0.5) is 0 Å². The van der Waals surface area contributed by atoms with Gasteiger partial charge in [-0.3, -0.25) is 4.79 Å². The third kappa shape index (κ3) is 5.28. The first-order chi connectivity index (χ1) is 14.0. The summed E-state index contributed by atoms with van der Waals surface area (Å²) in [6, 6.07) is 11.8. The number of hydrogen-bond donors (Lipinski definition) is 1. The van der Waals surface area contributed by atoms with Crippen LogP contribution in [0.1, 0.15) is 29.8 Å². The highest BCUT2D eigenvalue weighted by Crippen LogP contribution is 2.33. The van der Waals surface area contributed by atoms with Gasteiger partial charge in [-0.05, 0) is 54.0 Å². The minimum Gasteiger partial charge on any atom is -0.497 e. The van der Waals surface area contributed by atoms with Crippen LogP contribution in [0, 0.1) is 5.92 Å². The topological polar surface area (TPSA) is 83.1 Å². The molecule has 152 valence electrons. The standard InChI is InChI=1S/C22H23NO6/c1-14(2)12-27-22(25)18(10-15-4-9-19-20(11-15)29-13-28-19)23-21(24)16-5-7-17(26-3)8-6-16/h4-11,14H,12-13H2,1-3H3,(H,23,24)/b18-10-. The van der Waals surface area contributed by atoms with E-state index in [1.54, 1.807) is 55.7 Å². The fourth-order valence-electron chi connectivity index (χ4n) is 2.57. The van der Waals surface area contributed by atoms with Crippen molar-refractivity contribution in [3.05, 3.63) is 59.3 Å². The molecule has 0 aliphatic carbocycles. The predicted molar refractivity (Wildman–Crippen MR) is 107 cm³/mol. The van der Waals surface area contributed by atoms with Gasteiger partial charge < -0.3 is 24.3 Å². The van der Waals surface area contributed by atoms with Gasteiger partial charge in [0.1, 0.15) is 11.4 Å². The van der Waals surface area contributed by atoms with Crippen LogP contribution in [-0.4, -0.2) is 32.4 Å². The molecule has 1 heterocycles. The summed E-state index contributed by atoms with van der Waals surface area (Å²) in [5.41, 5.74) is 1.09. The van der Waals surface area contributed by atoms with E-state index in [0.717, 1.165) is 0 Å². The predicted octanol–water partition coefficient (Wildman–Crippen LogP) is 3.39. The van der Waals surface area contributed by atoms with Crippen molar-refractivity contribution in [3.63, 3.8) is 0 Å². The van der Waals surface area contributed by atoms with Crippen molar-refractivity contribution in [2.75, 3.05) is 20.5 Å². The highest BCUT2D eigenvalue weighted by molar-refractivity contribution is 6.03. The SMILES string of the molecule is COc1ccc(C(=O)N/C(=C\c2ccc3c(c2)OCO3)C(=O)OCC(C)C)cc1. The van der Waals surface area contributed by atoms with Gasteiger partial charge in [0.15, 0.2) is 11.5 Å². The molecule has 0 radical (unpaired) electrons. The molecule has 7 heteroatoms. The summed E-state index contributed by atoms with van der Waals surface area (Å²) in [5, 5.41) is 2.65. The first-order valence-corrected chi connectivity index (χ1v) is 9.20. The van der Waals surface area contributed by atoms with Crippen molar-refractivity contribution in [1.29, 1.82) is 0 Å². The van der Waals surface area contributed by atoms with Crippen LogP contribution in [-0.2, 0) is 9.53 Å². The van der Waals surface area contributed by atoms with Crippen molar-refractivity contribution >= 4 is 18.0 Å². The van der Waals surface area contributed by atoms with E-state index >= 15 is 0 Å². The van der Waals surface area contributed by atoms with Crippen LogP contribution in [0.25, 0.3) is 6.08 Å². The number of fused-ring (bicyclic) bond motifs is 1. The maximum atomic E-state index is 12.6. The van der Waals surface area contributed by atoms with Gasteiger partial charge in [0.2, 0.25) is 6.79 Å². The van der Waals surface area contributed by atoms with Gasteiger partial charge in [0.25, 0.3) is 5.91 Å². The lowest BCUT2D eigenvalue weighted by Crippen LogP contribution is -2.29. The van der Waals surface area contributed by atoms with Crippen LogP contribution in [0.5, 0.6) is 17.2 Å². The molecule has 1 amide bonds. The molecule has 3 rings (SSSR count). The van der Waals surface area contributed by atoms with E-state index in [1.165, 1.54) is 0 Å². The van der Waals surface area contributed by atoms with E-state index in [2.05, 4.69) is 5.32 Å². The van der Waals surface area contributed by atoms with Gasteiger partial charge in [-0.1, -0.05) is 19.9 Å². The molecule has 0 bridgehead atoms. The van der Waals surface area contributed by atoms with Crippen LogP contribution in [0.15, 0.2) is 48.2 Å². The minimum atomic E-state index is -0.613. The Morgan fingerprint density at radius 1 is 1.10 bits per heavy atom. The Hall–Kier alpha value is -3.48. The highest BCUT2D eigenvalue weighted by Gasteiger charge is 2.18. The number of carbonyl (C=O) groups excluding carboxylic acids is 2. The van der Waals surface area contributed by atoms with Crippen LogP contribution in [0.3, 0.4) is 0 Å². The van der Waals surface area contributed by atoms with E-state index in [-0.39, 0.29) is 25.0 Å². The number of benzene rings is 2. The van der Waals surface area contributed by atoms with Gasteiger partial charge in [0, 0.05) is 5.56 Å². The monoisotopic (exact) mass is 397 g/mol. The largest absolute Gasteiger partial charge is 0.497 e. The number of ether oxygens (including phenoxy) is 4. The maximum absolute atomic E-state index is 12.6. The zero-order valence-electron chi connectivity index (χ0n) is 16.6. The van der Waals surface area contributed by atoms with Gasteiger partial charge in [-0.15, -0.1) is 0 Å². The van der Waals surface area contributed by atoms with Crippen molar-refractivity contribution in [3.8, 4) is 17.2 Å². The molecular formula is C22H23NO6. The van der Waals surface area contributed by atoms with E-state index in [9.17, 15) is 9.59 Å². The Morgan fingerprint density at radius 3 is 2.52 bits per heavy atom. The molecule has 2 aromatic rings. The molecule has 0 aromatic heterocycles. The molecular weight excluding hydrogens is 374 g/mol. The zero-order valence-corrected chi connectivity index (χ0v) is 16.6. The average molecular weight is 397 g/mol. The van der Waals surface area contributed by atoms with Crippen molar-refractivity contribution in [1.82, 2.24) is 5.32 Å². The molecule has 0 fully saturated rings. The summed E-state index contributed by atoms with van der Waals surface area (Å²) in [6.07, 6.45) is 1.55. The number of amides is 1. The summed E-state index contributed by atoms with van der Waals surface area (Å²) in [4.78, 5) is 25.2. The summed E-state index contributed by atoms with van der Waals surface area (Å²) in [5.74, 6) is 0.972.